The van der Waals surface area contributed by atoms with Gasteiger partial charge in [0.1, 0.15) is 0 Å². The van der Waals surface area contributed by atoms with Gasteiger partial charge in [-0.3, -0.25) is 0 Å². The Morgan fingerprint density at radius 1 is 0.950 bits per heavy atom. The summed E-state index contributed by atoms with van der Waals surface area (Å²) in [5.41, 5.74) is 0. The largest absolute Gasteiger partial charge is 0.306 e. The summed E-state index contributed by atoms with van der Waals surface area (Å²) in [5.74, 6) is 0.945. The minimum absolute atomic E-state index is 0.945. The van der Waals surface area contributed by atoms with E-state index in [1.165, 1.54) is 89.3 Å². The van der Waals surface area contributed by atoms with Gasteiger partial charge in [-0.25, -0.2) is 0 Å². The molecule has 0 amide bonds. The van der Waals surface area contributed by atoms with Crippen LogP contribution in [0.5, 0.6) is 0 Å². The van der Waals surface area contributed by atoms with Crippen LogP contribution in [0.1, 0.15) is 57.8 Å². The Bertz CT molecular complexity index is 215. The quantitative estimate of drug-likeness (QED) is 0.404. The topological polar surface area (TPSA) is 6.48 Å². The van der Waals surface area contributed by atoms with Gasteiger partial charge >= 0.3 is 0 Å². The van der Waals surface area contributed by atoms with Gasteiger partial charge in [0, 0.05) is 11.9 Å². The molecule has 1 fully saturated rings. The highest BCUT2D eigenvalue weighted by Crippen LogP contribution is 2.17. The van der Waals surface area contributed by atoms with Crippen molar-refractivity contribution in [3.63, 3.8) is 0 Å². The summed E-state index contributed by atoms with van der Waals surface area (Å²) in [5, 5.41) is 1.18. The maximum absolute atomic E-state index is 3.50. The first-order valence-electron chi connectivity index (χ1n) is 8.65. The summed E-state index contributed by atoms with van der Waals surface area (Å²) in [7, 11) is 4.56. The van der Waals surface area contributed by atoms with Crippen molar-refractivity contribution in [1.29, 1.82) is 0 Å². The van der Waals surface area contributed by atoms with Crippen molar-refractivity contribution in [1.82, 2.24) is 9.80 Å². The molecule has 1 aliphatic heterocycles. The molecule has 0 aromatic carbocycles. The van der Waals surface area contributed by atoms with Crippen LogP contribution in [0.15, 0.2) is 0 Å². The molecule has 0 aromatic heterocycles. The third kappa shape index (κ3) is 9.36. The summed E-state index contributed by atoms with van der Waals surface area (Å²) in [6.07, 6.45) is 12.7. The average molecular weight is 347 g/mol. The summed E-state index contributed by atoms with van der Waals surface area (Å²) in [4.78, 5) is 5.03. The van der Waals surface area contributed by atoms with Crippen molar-refractivity contribution >= 4 is 15.9 Å². The van der Waals surface area contributed by atoms with Crippen LogP contribution in [0.4, 0.5) is 0 Å². The molecule has 0 radical (unpaired) electrons. The van der Waals surface area contributed by atoms with Crippen molar-refractivity contribution < 1.29 is 0 Å². The summed E-state index contributed by atoms with van der Waals surface area (Å²) in [6, 6.07) is 0. The molecule has 120 valence electrons. The number of likely N-dealkylation sites (tertiary alicyclic amines) is 1. The lowest BCUT2D eigenvalue weighted by atomic mass is 9.96. The maximum Gasteiger partial charge on any atom is 0.00313 e. The normalized spacial score (nSPS) is 18.0. The SMILES string of the molecule is CN1CCC(CN(C)CCCCCCCCCBr)CC1. The third-order valence-electron chi connectivity index (χ3n) is 4.58. The van der Waals surface area contributed by atoms with Crippen molar-refractivity contribution in [3.8, 4) is 0 Å². The van der Waals surface area contributed by atoms with Crippen LogP contribution in [-0.2, 0) is 0 Å². The second-order valence-electron chi connectivity index (χ2n) is 6.67. The molecule has 1 saturated heterocycles. The van der Waals surface area contributed by atoms with Crippen LogP contribution in [0.3, 0.4) is 0 Å². The number of alkyl halides is 1. The number of rotatable bonds is 11. The first-order valence-corrected chi connectivity index (χ1v) is 9.77. The van der Waals surface area contributed by atoms with Crippen LogP contribution in [-0.4, -0.2) is 55.4 Å². The first-order chi connectivity index (χ1) is 9.72. The Morgan fingerprint density at radius 3 is 2.10 bits per heavy atom. The number of piperidine rings is 1. The summed E-state index contributed by atoms with van der Waals surface area (Å²) >= 11 is 3.50. The van der Waals surface area contributed by atoms with Crippen LogP contribution >= 0.6 is 15.9 Å². The van der Waals surface area contributed by atoms with E-state index in [0.717, 1.165) is 5.92 Å². The molecule has 0 aliphatic carbocycles. The fourth-order valence-electron chi connectivity index (χ4n) is 3.14. The number of halogens is 1. The second kappa shape index (κ2) is 12.0. The van der Waals surface area contributed by atoms with Gasteiger partial charge < -0.3 is 9.80 Å². The van der Waals surface area contributed by atoms with Crippen LogP contribution in [0.2, 0.25) is 0 Å². The first kappa shape index (κ1) is 18.4. The molecule has 0 bridgehead atoms. The van der Waals surface area contributed by atoms with Gasteiger partial charge in [0.2, 0.25) is 0 Å². The predicted molar refractivity (Wildman–Crippen MR) is 93.8 cm³/mol. The number of nitrogens with zero attached hydrogens (tertiary/aromatic N) is 2. The molecule has 0 atom stereocenters. The van der Waals surface area contributed by atoms with Crippen molar-refractivity contribution in [2.45, 2.75) is 57.8 Å². The molecule has 0 unspecified atom stereocenters. The molecule has 1 aliphatic rings. The minimum atomic E-state index is 0.945. The Kier molecular flexibility index (Phi) is 11.1. The highest BCUT2D eigenvalue weighted by atomic mass is 79.9. The fourth-order valence-corrected chi connectivity index (χ4v) is 3.53. The Balaban J connectivity index is 1.88. The van der Waals surface area contributed by atoms with Crippen molar-refractivity contribution in [2.24, 2.45) is 5.92 Å². The summed E-state index contributed by atoms with van der Waals surface area (Å²) in [6.45, 7) is 5.21. The smallest absolute Gasteiger partial charge is 0.00313 e. The van der Waals surface area contributed by atoms with E-state index in [9.17, 15) is 0 Å². The number of hydrogen-bond donors (Lipinski definition) is 0. The van der Waals surface area contributed by atoms with Gasteiger partial charge in [-0.1, -0.05) is 48.0 Å². The molecule has 0 spiro atoms. The van der Waals surface area contributed by atoms with Crippen LogP contribution < -0.4 is 0 Å². The molecule has 20 heavy (non-hydrogen) atoms. The van der Waals surface area contributed by atoms with E-state index in [1.807, 2.05) is 0 Å². The maximum atomic E-state index is 3.50. The van der Waals surface area contributed by atoms with Crippen molar-refractivity contribution in [2.75, 3.05) is 45.6 Å². The molecule has 0 aromatic rings. The molecule has 2 nitrogen and oxygen atoms in total. The average Bonchev–Trinajstić information content (AvgIpc) is 2.44. The zero-order chi connectivity index (χ0) is 14.6. The van der Waals surface area contributed by atoms with Gasteiger partial charge in [-0.15, -0.1) is 0 Å². The second-order valence-corrected chi connectivity index (χ2v) is 7.47. The molecule has 1 heterocycles. The zero-order valence-electron chi connectivity index (χ0n) is 13.7. The van der Waals surface area contributed by atoms with Gasteiger partial charge in [-0.2, -0.15) is 0 Å². The Hall–Kier alpha value is 0.400. The molecule has 0 N–H and O–H groups in total. The third-order valence-corrected chi connectivity index (χ3v) is 5.14. The van der Waals surface area contributed by atoms with E-state index in [0.29, 0.717) is 0 Å². The van der Waals surface area contributed by atoms with E-state index in [-0.39, 0.29) is 0 Å². The van der Waals surface area contributed by atoms with Crippen LogP contribution in [0.25, 0.3) is 0 Å². The minimum Gasteiger partial charge on any atom is -0.306 e. The van der Waals surface area contributed by atoms with E-state index in [1.54, 1.807) is 0 Å². The highest BCUT2D eigenvalue weighted by Gasteiger charge is 2.17. The zero-order valence-corrected chi connectivity index (χ0v) is 15.3. The van der Waals surface area contributed by atoms with Gasteiger partial charge in [-0.05, 0) is 65.3 Å². The molecular formula is C17H35BrN2. The van der Waals surface area contributed by atoms with Crippen LogP contribution in [0, 0.1) is 5.92 Å². The standard InChI is InChI=1S/C17H35BrN2/c1-19-14-10-17(11-15-19)16-20(2)13-9-7-5-3-4-6-8-12-18/h17H,3-16H2,1-2H3. The van der Waals surface area contributed by atoms with Gasteiger partial charge in [0.25, 0.3) is 0 Å². The van der Waals surface area contributed by atoms with E-state index in [4.69, 9.17) is 0 Å². The number of unbranched alkanes of at least 4 members (excludes halogenated alkanes) is 6. The monoisotopic (exact) mass is 346 g/mol. The van der Waals surface area contributed by atoms with E-state index < -0.39 is 0 Å². The Labute approximate surface area is 135 Å². The highest BCUT2D eigenvalue weighted by molar-refractivity contribution is 9.09. The lowest BCUT2D eigenvalue weighted by Crippen LogP contribution is -2.36. The van der Waals surface area contributed by atoms with Gasteiger partial charge in [0.05, 0.1) is 0 Å². The molecule has 0 saturated carbocycles. The number of hydrogen-bond acceptors (Lipinski definition) is 2. The lowest BCUT2D eigenvalue weighted by molar-refractivity contribution is 0.175. The molecular weight excluding hydrogens is 312 g/mol. The predicted octanol–water partition coefficient (Wildman–Crippen LogP) is 4.39. The fraction of sp³-hybridized carbons (Fsp3) is 1.00. The molecule has 1 rings (SSSR count). The summed E-state index contributed by atoms with van der Waals surface area (Å²) < 4.78 is 0. The Morgan fingerprint density at radius 2 is 1.50 bits per heavy atom. The lowest BCUT2D eigenvalue weighted by Gasteiger charge is -2.31. The van der Waals surface area contributed by atoms with E-state index >= 15 is 0 Å². The van der Waals surface area contributed by atoms with Crippen molar-refractivity contribution in [3.05, 3.63) is 0 Å². The van der Waals surface area contributed by atoms with Gasteiger partial charge in [0.15, 0.2) is 0 Å². The van der Waals surface area contributed by atoms with E-state index in [2.05, 4.69) is 39.8 Å². The molecule has 3 heteroatoms.